The molecular formula is C16H14F2N2O5. The van der Waals surface area contributed by atoms with Crippen molar-refractivity contribution in [3.05, 3.63) is 68.6 Å². The third-order valence-corrected chi connectivity index (χ3v) is 4.28. The summed E-state index contributed by atoms with van der Waals surface area (Å²) >= 11 is 0. The maximum absolute atomic E-state index is 13.6. The number of fused-ring (bicyclic) bond motifs is 1. The van der Waals surface area contributed by atoms with Gasteiger partial charge >= 0.3 is 0 Å². The van der Waals surface area contributed by atoms with E-state index < -0.39 is 41.6 Å². The predicted molar refractivity (Wildman–Crippen MR) is 83.3 cm³/mol. The van der Waals surface area contributed by atoms with Crippen molar-refractivity contribution in [3.8, 4) is 5.75 Å². The summed E-state index contributed by atoms with van der Waals surface area (Å²) in [5.74, 6) is -0.0213. The van der Waals surface area contributed by atoms with E-state index in [1.54, 1.807) is 0 Å². The summed E-state index contributed by atoms with van der Waals surface area (Å²) in [5, 5.41) is 21.6. The van der Waals surface area contributed by atoms with Crippen LogP contribution in [-0.2, 0) is 0 Å². The van der Waals surface area contributed by atoms with Crippen LogP contribution in [0, 0.1) is 10.1 Å². The van der Waals surface area contributed by atoms with Gasteiger partial charge in [0.2, 0.25) is 0 Å². The summed E-state index contributed by atoms with van der Waals surface area (Å²) in [6, 6.07) is 6.42. The van der Waals surface area contributed by atoms with Gasteiger partial charge in [0.15, 0.2) is 5.60 Å². The Kier molecular flexibility index (Phi) is 4.25. The Labute approximate surface area is 140 Å². The van der Waals surface area contributed by atoms with E-state index >= 15 is 0 Å². The minimum Gasteiger partial charge on any atom is -0.479 e. The first kappa shape index (κ1) is 17.0. The van der Waals surface area contributed by atoms with Gasteiger partial charge in [0.1, 0.15) is 25.2 Å². The monoisotopic (exact) mass is 352 g/mol. The summed E-state index contributed by atoms with van der Waals surface area (Å²) in [4.78, 5) is 22.6. The molecule has 0 saturated heterocycles. The number of pyridine rings is 1. The third kappa shape index (κ3) is 2.66. The Bertz CT molecular complexity index is 866. The summed E-state index contributed by atoms with van der Waals surface area (Å²) in [7, 11) is 0. The second-order valence-electron chi connectivity index (χ2n) is 5.75. The molecule has 3 rings (SSSR count). The van der Waals surface area contributed by atoms with Gasteiger partial charge in [-0.3, -0.25) is 14.9 Å². The molecule has 1 aromatic carbocycles. The van der Waals surface area contributed by atoms with Gasteiger partial charge in [-0.15, -0.1) is 0 Å². The number of halogens is 2. The van der Waals surface area contributed by atoms with Crippen molar-refractivity contribution in [1.82, 2.24) is 4.57 Å². The maximum Gasteiger partial charge on any atom is 0.270 e. The molecule has 25 heavy (non-hydrogen) atoms. The van der Waals surface area contributed by atoms with Crippen LogP contribution in [0.5, 0.6) is 5.75 Å². The fourth-order valence-corrected chi connectivity index (χ4v) is 2.93. The number of hydrogen-bond donors (Lipinski definition) is 1. The Morgan fingerprint density at radius 3 is 2.60 bits per heavy atom. The van der Waals surface area contributed by atoms with Crippen molar-refractivity contribution in [1.29, 1.82) is 0 Å². The molecule has 0 amide bonds. The fourth-order valence-electron chi connectivity index (χ4n) is 2.93. The largest absolute Gasteiger partial charge is 0.479 e. The smallest absolute Gasteiger partial charge is 0.270 e. The molecule has 1 N–H and O–H groups in total. The van der Waals surface area contributed by atoms with Gasteiger partial charge in [-0.05, 0) is 12.1 Å². The van der Waals surface area contributed by atoms with Crippen LogP contribution in [0.2, 0.25) is 0 Å². The second kappa shape index (κ2) is 6.25. The van der Waals surface area contributed by atoms with Crippen LogP contribution >= 0.6 is 0 Å². The lowest BCUT2D eigenvalue weighted by Gasteiger charge is -2.43. The molecule has 2 heterocycles. The quantitative estimate of drug-likeness (QED) is 0.669. The highest BCUT2D eigenvalue weighted by Crippen LogP contribution is 2.43. The van der Waals surface area contributed by atoms with Gasteiger partial charge in [0.25, 0.3) is 11.2 Å². The Balaban J connectivity index is 2.27. The number of rotatable bonds is 4. The van der Waals surface area contributed by atoms with Crippen molar-refractivity contribution in [2.45, 2.75) is 17.7 Å². The lowest BCUT2D eigenvalue weighted by Crippen LogP contribution is -2.58. The molecule has 0 aliphatic carbocycles. The lowest BCUT2D eigenvalue weighted by molar-refractivity contribution is -0.385. The molecule has 9 heteroatoms. The van der Waals surface area contributed by atoms with Crippen LogP contribution in [0.4, 0.5) is 14.5 Å². The summed E-state index contributed by atoms with van der Waals surface area (Å²) in [6.45, 7) is -2.67. The van der Waals surface area contributed by atoms with E-state index in [0.717, 1.165) is 16.7 Å². The van der Waals surface area contributed by atoms with Crippen molar-refractivity contribution >= 4 is 5.69 Å². The summed E-state index contributed by atoms with van der Waals surface area (Å²) in [5.41, 5.74) is -2.91. The first-order valence-electron chi connectivity index (χ1n) is 7.38. The minimum atomic E-state index is -2.19. The molecule has 132 valence electrons. The fraction of sp³-hybridized carbons (Fsp3) is 0.312. The van der Waals surface area contributed by atoms with E-state index in [1.807, 2.05) is 0 Å². The molecule has 0 fully saturated rings. The van der Waals surface area contributed by atoms with Gasteiger partial charge in [0.05, 0.1) is 11.0 Å². The zero-order chi connectivity index (χ0) is 18.2. The molecule has 1 aromatic heterocycles. The molecule has 2 aromatic rings. The molecular weight excluding hydrogens is 338 g/mol. The molecule has 0 unspecified atom stereocenters. The molecule has 2 atom stereocenters. The number of benzene rings is 1. The van der Waals surface area contributed by atoms with Crippen molar-refractivity contribution in [2.75, 3.05) is 13.3 Å². The van der Waals surface area contributed by atoms with E-state index in [4.69, 9.17) is 4.74 Å². The summed E-state index contributed by atoms with van der Waals surface area (Å²) in [6.07, 6.45) is -0.428. The second-order valence-corrected chi connectivity index (χ2v) is 5.75. The van der Waals surface area contributed by atoms with E-state index in [2.05, 4.69) is 0 Å². The van der Waals surface area contributed by atoms with Crippen molar-refractivity contribution in [3.63, 3.8) is 0 Å². The van der Waals surface area contributed by atoms with Crippen molar-refractivity contribution in [2.24, 2.45) is 0 Å². The van der Waals surface area contributed by atoms with E-state index in [0.29, 0.717) is 0 Å². The van der Waals surface area contributed by atoms with Crippen LogP contribution in [0.3, 0.4) is 0 Å². The Hall–Kier alpha value is -2.81. The number of ether oxygens (including phenoxy) is 1. The zero-order valence-electron chi connectivity index (χ0n) is 12.8. The number of nitro groups is 1. The average molecular weight is 352 g/mol. The normalized spacial score (nSPS) is 21.2. The third-order valence-electron chi connectivity index (χ3n) is 4.28. The highest BCUT2D eigenvalue weighted by Gasteiger charge is 2.51. The lowest BCUT2D eigenvalue weighted by atomic mass is 9.85. The standard InChI is InChI=1S/C16H14F2N2O5/c17-8-16(9-18)15(22)14(19-6-2-1-3-13(19)21)11-7-10(20(23)24)4-5-12(11)25-16/h1-7,14-15,22H,8-9H2/t14-,15+/m1/s1. The zero-order valence-corrected chi connectivity index (χ0v) is 12.8. The van der Waals surface area contributed by atoms with Crippen LogP contribution in [0.25, 0.3) is 0 Å². The molecule has 0 spiro atoms. The topological polar surface area (TPSA) is 94.6 Å². The van der Waals surface area contributed by atoms with Gasteiger partial charge in [-0.25, -0.2) is 8.78 Å². The number of aliphatic hydroxyl groups excluding tert-OH is 1. The first-order chi connectivity index (χ1) is 11.9. The highest BCUT2D eigenvalue weighted by molar-refractivity contribution is 5.48. The van der Waals surface area contributed by atoms with Gasteiger partial charge < -0.3 is 14.4 Å². The van der Waals surface area contributed by atoms with Crippen LogP contribution < -0.4 is 10.3 Å². The minimum absolute atomic E-state index is 0.0213. The van der Waals surface area contributed by atoms with Gasteiger partial charge in [-0.1, -0.05) is 6.07 Å². The number of nitrogens with zero attached hydrogens (tertiary/aromatic N) is 2. The molecule has 1 aliphatic heterocycles. The summed E-state index contributed by atoms with van der Waals surface area (Å²) < 4.78 is 33.5. The molecule has 0 bridgehead atoms. The number of aromatic nitrogens is 1. The van der Waals surface area contributed by atoms with E-state index in [9.17, 15) is 28.8 Å². The first-order valence-corrected chi connectivity index (χ1v) is 7.38. The van der Waals surface area contributed by atoms with Crippen LogP contribution in [0.15, 0.2) is 47.4 Å². The highest BCUT2D eigenvalue weighted by atomic mass is 19.1. The number of aliphatic hydroxyl groups is 1. The van der Waals surface area contributed by atoms with E-state index in [1.165, 1.54) is 30.5 Å². The van der Waals surface area contributed by atoms with Gasteiger partial charge in [-0.2, -0.15) is 0 Å². The van der Waals surface area contributed by atoms with E-state index in [-0.39, 0.29) is 17.0 Å². The number of non-ortho nitro benzene ring substituents is 1. The van der Waals surface area contributed by atoms with Gasteiger partial charge in [0, 0.05) is 30.0 Å². The molecule has 1 aliphatic rings. The molecule has 0 saturated carbocycles. The Morgan fingerprint density at radius 2 is 2.00 bits per heavy atom. The number of alkyl halides is 2. The van der Waals surface area contributed by atoms with Crippen LogP contribution in [0.1, 0.15) is 11.6 Å². The Morgan fingerprint density at radius 1 is 1.28 bits per heavy atom. The SMILES string of the molecule is O=c1ccccn1[C@@H]1c2cc([N+](=O)[O-])ccc2OC(CF)(CF)[C@H]1O. The predicted octanol–water partition coefficient (Wildman–Crippen LogP) is 1.78. The van der Waals surface area contributed by atoms with Crippen LogP contribution in [-0.4, -0.2) is 39.7 Å². The average Bonchev–Trinajstić information content (AvgIpc) is 2.62. The van der Waals surface area contributed by atoms with Crippen molar-refractivity contribution < 1.29 is 23.5 Å². The number of nitro benzene ring substituents is 1. The number of hydrogen-bond acceptors (Lipinski definition) is 5. The molecule has 7 nitrogen and oxygen atoms in total. The maximum atomic E-state index is 13.6. The molecule has 0 radical (unpaired) electrons.